The van der Waals surface area contributed by atoms with Gasteiger partial charge in [0.1, 0.15) is 5.54 Å². The highest BCUT2D eigenvalue weighted by molar-refractivity contribution is 5.88. The quantitative estimate of drug-likeness (QED) is 0.669. The summed E-state index contributed by atoms with van der Waals surface area (Å²) in [6, 6.07) is 6.50. The highest BCUT2D eigenvalue weighted by atomic mass is 16.5. The molecule has 7 nitrogen and oxygen atoms in total. The largest absolute Gasteiger partial charge is 0.478 e. The Morgan fingerprint density at radius 2 is 1.78 bits per heavy atom. The Balaban J connectivity index is 1.41. The maximum Gasteiger partial charge on any atom is 0.335 e. The third-order valence-electron chi connectivity index (χ3n) is 7.44. The lowest BCUT2D eigenvalue weighted by Gasteiger charge is -2.43. The van der Waals surface area contributed by atoms with Gasteiger partial charge in [0, 0.05) is 26.3 Å². The minimum atomic E-state index is -0.951. The zero-order valence-corrected chi connectivity index (χ0v) is 19.1. The normalized spacial score (nSPS) is 25.3. The molecule has 0 aromatic heterocycles. The van der Waals surface area contributed by atoms with Crippen molar-refractivity contribution in [3.8, 4) is 0 Å². The van der Waals surface area contributed by atoms with E-state index >= 15 is 0 Å². The number of benzene rings is 1. The fourth-order valence-corrected chi connectivity index (χ4v) is 5.43. The number of hydrogen-bond donors (Lipinski definition) is 2. The minimum absolute atomic E-state index is 0.0360. The molecule has 2 heterocycles. The number of nitrogens with one attached hydrogen (secondary N) is 1. The van der Waals surface area contributed by atoms with Crippen LogP contribution in [0.15, 0.2) is 24.3 Å². The van der Waals surface area contributed by atoms with Crippen molar-refractivity contribution in [3.05, 3.63) is 35.4 Å². The fraction of sp³-hybridized carbons (Fsp3) is 0.680. The van der Waals surface area contributed by atoms with Gasteiger partial charge in [-0.25, -0.2) is 4.79 Å². The van der Waals surface area contributed by atoms with Crippen molar-refractivity contribution in [1.29, 1.82) is 0 Å². The van der Waals surface area contributed by atoms with Gasteiger partial charge in [-0.15, -0.1) is 0 Å². The first kappa shape index (κ1) is 23.2. The van der Waals surface area contributed by atoms with Crippen LogP contribution in [0.2, 0.25) is 0 Å². The lowest BCUT2D eigenvalue weighted by molar-refractivity contribution is -0.141. The highest BCUT2D eigenvalue weighted by Gasteiger charge is 2.48. The Bertz CT molecular complexity index is 784. The van der Waals surface area contributed by atoms with Crippen LogP contribution in [-0.4, -0.2) is 65.9 Å². The predicted octanol–water partition coefficient (Wildman–Crippen LogP) is 3.53. The summed E-state index contributed by atoms with van der Waals surface area (Å²) in [6.07, 6.45) is 9.07. The molecule has 0 bridgehead atoms. The number of aromatic carboxylic acids is 1. The average Bonchev–Trinajstić information content (AvgIpc) is 3.29. The van der Waals surface area contributed by atoms with Crippen LogP contribution in [-0.2, 0) is 14.3 Å². The van der Waals surface area contributed by atoms with Gasteiger partial charge in [0.2, 0.25) is 5.91 Å². The number of carboxylic acids is 1. The number of likely N-dealkylation sites (tertiary alicyclic amines) is 1. The lowest BCUT2D eigenvalue weighted by atomic mass is 9.86. The predicted molar refractivity (Wildman–Crippen MR) is 121 cm³/mol. The van der Waals surface area contributed by atoms with Gasteiger partial charge in [-0.05, 0) is 56.7 Å². The number of amides is 1. The number of nitrogens with zero attached hydrogens (tertiary/aromatic N) is 1. The second-order valence-electron chi connectivity index (χ2n) is 9.52. The Hall–Kier alpha value is -1.96. The summed E-state index contributed by atoms with van der Waals surface area (Å²) in [5.41, 5.74) is 0.567. The second-order valence-corrected chi connectivity index (χ2v) is 9.52. The van der Waals surface area contributed by atoms with Gasteiger partial charge in [-0.2, -0.15) is 0 Å². The molecule has 32 heavy (non-hydrogen) atoms. The van der Waals surface area contributed by atoms with Crippen molar-refractivity contribution < 1.29 is 24.2 Å². The van der Waals surface area contributed by atoms with Crippen molar-refractivity contribution >= 4 is 11.9 Å². The number of hydrogen-bond acceptors (Lipinski definition) is 5. The summed E-state index contributed by atoms with van der Waals surface area (Å²) in [6.45, 7) is 4.78. The van der Waals surface area contributed by atoms with Gasteiger partial charge < -0.3 is 19.9 Å². The first-order valence-corrected chi connectivity index (χ1v) is 12.1. The van der Waals surface area contributed by atoms with Crippen molar-refractivity contribution in [2.24, 2.45) is 0 Å². The van der Waals surface area contributed by atoms with Gasteiger partial charge in [-0.1, -0.05) is 31.4 Å². The minimum Gasteiger partial charge on any atom is -0.478 e. The summed E-state index contributed by atoms with van der Waals surface area (Å²) in [5, 5.41) is 12.3. The SMILES string of the molecule is C[C@H](NC(=O)C1(N2CC[C@@H](OC3CCCCC3)C2)CCOCC1)c1ccc(C(=O)O)cc1. The molecular weight excluding hydrogens is 408 g/mol. The van der Waals surface area contributed by atoms with Gasteiger partial charge in [0.15, 0.2) is 0 Å². The van der Waals surface area contributed by atoms with Crippen LogP contribution >= 0.6 is 0 Å². The third kappa shape index (κ3) is 5.16. The maximum atomic E-state index is 13.6. The van der Waals surface area contributed by atoms with Crippen LogP contribution in [0.4, 0.5) is 0 Å². The van der Waals surface area contributed by atoms with Crippen molar-refractivity contribution in [3.63, 3.8) is 0 Å². The number of carbonyl (C=O) groups excluding carboxylic acids is 1. The Labute approximate surface area is 190 Å². The van der Waals surface area contributed by atoms with E-state index in [-0.39, 0.29) is 23.6 Å². The number of carboxylic acid groups (broad SMARTS) is 1. The van der Waals surface area contributed by atoms with E-state index < -0.39 is 11.5 Å². The molecule has 4 rings (SSSR count). The van der Waals surface area contributed by atoms with Gasteiger partial charge in [-0.3, -0.25) is 9.69 Å². The molecule has 0 spiro atoms. The van der Waals surface area contributed by atoms with E-state index in [1.807, 2.05) is 6.92 Å². The van der Waals surface area contributed by atoms with Gasteiger partial charge in [0.05, 0.1) is 23.8 Å². The zero-order chi connectivity index (χ0) is 22.6. The molecule has 0 unspecified atom stereocenters. The fourth-order valence-electron chi connectivity index (χ4n) is 5.43. The van der Waals surface area contributed by atoms with Crippen LogP contribution in [0.25, 0.3) is 0 Å². The van der Waals surface area contributed by atoms with E-state index in [9.17, 15) is 9.59 Å². The van der Waals surface area contributed by atoms with Crippen molar-refractivity contribution in [2.45, 2.75) is 82.1 Å². The molecule has 3 fully saturated rings. The molecule has 2 saturated heterocycles. The molecule has 1 amide bonds. The smallest absolute Gasteiger partial charge is 0.335 e. The molecule has 1 saturated carbocycles. The van der Waals surface area contributed by atoms with Gasteiger partial charge >= 0.3 is 5.97 Å². The molecule has 1 aromatic carbocycles. The van der Waals surface area contributed by atoms with Crippen molar-refractivity contribution in [2.75, 3.05) is 26.3 Å². The second kappa shape index (κ2) is 10.3. The molecule has 1 aromatic rings. The first-order valence-electron chi connectivity index (χ1n) is 12.1. The Kier molecular flexibility index (Phi) is 7.48. The summed E-state index contributed by atoms with van der Waals surface area (Å²) >= 11 is 0. The Morgan fingerprint density at radius 1 is 1.09 bits per heavy atom. The van der Waals surface area contributed by atoms with Crippen LogP contribution in [0.1, 0.15) is 80.3 Å². The third-order valence-corrected chi connectivity index (χ3v) is 7.44. The molecule has 7 heteroatoms. The summed E-state index contributed by atoms with van der Waals surface area (Å²) in [5.74, 6) is -0.914. The molecule has 2 N–H and O–H groups in total. The van der Waals surface area contributed by atoms with E-state index in [2.05, 4.69) is 10.2 Å². The standard InChI is InChI=1S/C25H36N2O5/c1-18(19-7-9-20(10-8-19)23(28)29)26-24(30)25(12-15-31-16-13-25)27-14-11-22(17-27)32-21-5-3-2-4-6-21/h7-10,18,21-22H,2-6,11-17H2,1H3,(H,26,30)(H,28,29)/t18-,22+/m0/s1. The van der Waals surface area contributed by atoms with Crippen molar-refractivity contribution in [1.82, 2.24) is 10.2 Å². The van der Waals surface area contributed by atoms with Gasteiger partial charge in [0.25, 0.3) is 0 Å². The van der Waals surface area contributed by atoms with Crippen LogP contribution < -0.4 is 5.32 Å². The van der Waals surface area contributed by atoms with Crippen LogP contribution in [0, 0.1) is 0 Å². The Morgan fingerprint density at radius 3 is 2.44 bits per heavy atom. The lowest BCUT2D eigenvalue weighted by Crippen LogP contribution is -2.61. The number of rotatable bonds is 7. The number of ether oxygens (including phenoxy) is 2. The molecule has 1 aliphatic carbocycles. The first-order chi connectivity index (χ1) is 15.5. The van der Waals surface area contributed by atoms with Crippen LogP contribution in [0.5, 0.6) is 0 Å². The summed E-state index contributed by atoms with van der Waals surface area (Å²) in [7, 11) is 0. The van der Waals surface area contributed by atoms with E-state index in [0.29, 0.717) is 32.2 Å². The summed E-state index contributed by atoms with van der Waals surface area (Å²) < 4.78 is 12.0. The topological polar surface area (TPSA) is 88.1 Å². The van der Waals surface area contributed by atoms with E-state index in [4.69, 9.17) is 14.6 Å². The zero-order valence-electron chi connectivity index (χ0n) is 19.1. The molecule has 2 aliphatic heterocycles. The molecule has 0 radical (unpaired) electrons. The number of carbonyl (C=O) groups is 2. The monoisotopic (exact) mass is 444 g/mol. The van der Waals surface area contributed by atoms with E-state index in [1.165, 1.54) is 19.3 Å². The molecular formula is C25H36N2O5. The average molecular weight is 445 g/mol. The van der Waals surface area contributed by atoms with E-state index in [0.717, 1.165) is 37.9 Å². The highest BCUT2D eigenvalue weighted by Crippen LogP contribution is 2.34. The molecule has 3 aliphatic rings. The molecule has 176 valence electrons. The van der Waals surface area contributed by atoms with E-state index in [1.54, 1.807) is 24.3 Å². The maximum absolute atomic E-state index is 13.6. The van der Waals surface area contributed by atoms with Crippen LogP contribution in [0.3, 0.4) is 0 Å². The molecule has 2 atom stereocenters. The summed E-state index contributed by atoms with van der Waals surface area (Å²) in [4.78, 5) is 27.1.